The Labute approximate surface area is 140 Å². The number of rotatable bonds is 5. The molecule has 0 aliphatic heterocycles. The van der Waals surface area contributed by atoms with Crippen molar-refractivity contribution < 1.29 is 9.90 Å². The fourth-order valence-electron chi connectivity index (χ4n) is 3.49. The minimum absolute atomic E-state index is 0.0378. The predicted molar refractivity (Wildman–Crippen MR) is 86.1 cm³/mol. The van der Waals surface area contributed by atoms with Crippen LogP contribution in [-0.4, -0.2) is 35.8 Å². The van der Waals surface area contributed by atoms with Crippen molar-refractivity contribution in [3.05, 3.63) is 29.2 Å². The number of hydrogen-bond donors (Lipinski definition) is 1. The third kappa shape index (κ3) is 2.30. The summed E-state index contributed by atoms with van der Waals surface area (Å²) in [5.41, 5.74) is 0.165. The van der Waals surface area contributed by atoms with Crippen molar-refractivity contribution in [3.63, 3.8) is 0 Å². The number of nitrogens with zero attached hydrogens (tertiary/aromatic N) is 5. The van der Waals surface area contributed by atoms with E-state index in [0.717, 1.165) is 30.2 Å². The van der Waals surface area contributed by atoms with Gasteiger partial charge in [-0.1, -0.05) is 6.92 Å². The van der Waals surface area contributed by atoms with E-state index in [2.05, 4.69) is 15.1 Å². The van der Waals surface area contributed by atoms with Crippen LogP contribution in [0.5, 0.6) is 0 Å². The SMILES string of the molecule is CCC1(C(=O)O)CC1c1cc(-n2nc(C)nc2C)nc(C2CC2)n1. The summed E-state index contributed by atoms with van der Waals surface area (Å²) in [6.07, 6.45) is 3.46. The molecule has 2 fully saturated rings. The molecule has 1 N–H and O–H groups in total. The predicted octanol–water partition coefficient (Wildman–Crippen LogP) is 2.52. The van der Waals surface area contributed by atoms with Crippen LogP contribution in [0.25, 0.3) is 5.82 Å². The van der Waals surface area contributed by atoms with Crippen molar-refractivity contribution in [2.45, 2.75) is 58.3 Å². The van der Waals surface area contributed by atoms with Gasteiger partial charge in [-0.3, -0.25) is 4.79 Å². The fourth-order valence-corrected chi connectivity index (χ4v) is 3.49. The molecule has 0 amide bonds. The number of aryl methyl sites for hydroxylation is 2. The summed E-state index contributed by atoms with van der Waals surface area (Å²) >= 11 is 0. The Morgan fingerprint density at radius 2 is 2.08 bits per heavy atom. The highest BCUT2D eigenvalue weighted by molar-refractivity contribution is 5.80. The van der Waals surface area contributed by atoms with Crippen LogP contribution in [0.1, 0.15) is 67.6 Å². The molecule has 7 nitrogen and oxygen atoms in total. The van der Waals surface area contributed by atoms with Crippen LogP contribution in [0.2, 0.25) is 0 Å². The van der Waals surface area contributed by atoms with E-state index in [1.54, 1.807) is 4.68 Å². The first-order chi connectivity index (χ1) is 11.4. The Bertz CT molecular complexity index is 826. The summed E-state index contributed by atoms with van der Waals surface area (Å²) in [6, 6.07) is 1.89. The van der Waals surface area contributed by atoms with Gasteiger partial charge in [0.25, 0.3) is 0 Å². The lowest BCUT2D eigenvalue weighted by molar-refractivity contribution is -0.143. The lowest BCUT2D eigenvalue weighted by Gasteiger charge is -2.11. The van der Waals surface area contributed by atoms with E-state index in [-0.39, 0.29) is 5.92 Å². The van der Waals surface area contributed by atoms with Gasteiger partial charge in [0.05, 0.1) is 11.1 Å². The summed E-state index contributed by atoms with van der Waals surface area (Å²) in [5, 5.41) is 14.0. The third-order valence-electron chi connectivity index (χ3n) is 5.27. The van der Waals surface area contributed by atoms with Crippen LogP contribution in [0.3, 0.4) is 0 Å². The van der Waals surface area contributed by atoms with E-state index < -0.39 is 11.4 Å². The Balaban J connectivity index is 1.78. The van der Waals surface area contributed by atoms with Gasteiger partial charge in [0.1, 0.15) is 17.5 Å². The van der Waals surface area contributed by atoms with E-state index in [1.165, 1.54) is 0 Å². The molecule has 2 aromatic rings. The maximum atomic E-state index is 11.7. The highest BCUT2D eigenvalue weighted by Gasteiger charge is 2.60. The molecule has 2 aliphatic rings. The van der Waals surface area contributed by atoms with E-state index in [4.69, 9.17) is 4.98 Å². The normalized spacial score (nSPS) is 25.7. The first-order valence-corrected chi connectivity index (χ1v) is 8.47. The molecular weight excluding hydrogens is 306 g/mol. The zero-order valence-corrected chi connectivity index (χ0v) is 14.2. The number of carboxylic acids is 1. The average molecular weight is 327 g/mol. The summed E-state index contributed by atoms with van der Waals surface area (Å²) in [7, 11) is 0. The Morgan fingerprint density at radius 1 is 1.33 bits per heavy atom. The molecule has 0 spiro atoms. The van der Waals surface area contributed by atoms with Gasteiger partial charge in [-0.25, -0.2) is 15.0 Å². The smallest absolute Gasteiger partial charge is 0.310 e. The molecule has 4 rings (SSSR count). The number of hydrogen-bond acceptors (Lipinski definition) is 5. The molecule has 2 heterocycles. The van der Waals surface area contributed by atoms with Gasteiger partial charge >= 0.3 is 5.97 Å². The topological polar surface area (TPSA) is 93.8 Å². The van der Waals surface area contributed by atoms with Gasteiger partial charge < -0.3 is 5.11 Å². The van der Waals surface area contributed by atoms with Crippen molar-refractivity contribution in [2.24, 2.45) is 5.41 Å². The fraction of sp³-hybridized carbons (Fsp3) is 0.588. The zero-order valence-electron chi connectivity index (χ0n) is 14.2. The summed E-state index contributed by atoms with van der Waals surface area (Å²) in [6.45, 7) is 5.67. The van der Waals surface area contributed by atoms with E-state index in [0.29, 0.717) is 30.4 Å². The van der Waals surface area contributed by atoms with Gasteiger partial charge in [0.2, 0.25) is 0 Å². The van der Waals surface area contributed by atoms with Crippen LogP contribution in [0.15, 0.2) is 6.07 Å². The molecule has 2 aromatic heterocycles. The number of aromatic nitrogens is 5. The van der Waals surface area contributed by atoms with Crippen molar-refractivity contribution in [3.8, 4) is 5.82 Å². The first-order valence-electron chi connectivity index (χ1n) is 8.47. The summed E-state index contributed by atoms with van der Waals surface area (Å²) in [5.74, 6) is 2.61. The maximum absolute atomic E-state index is 11.7. The van der Waals surface area contributed by atoms with Crippen molar-refractivity contribution in [1.82, 2.24) is 24.7 Å². The van der Waals surface area contributed by atoms with Gasteiger partial charge in [-0.2, -0.15) is 4.68 Å². The molecule has 2 unspecified atom stereocenters. The standard InChI is InChI=1S/C17H21N5O2/c1-4-17(16(23)24)8-12(17)13-7-14(20-15(19-13)11-5-6-11)22-10(3)18-9(2)21-22/h7,11-12H,4-6,8H2,1-3H3,(H,23,24). The molecule has 2 atom stereocenters. The molecule has 0 bridgehead atoms. The molecule has 0 saturated heterocycles. The molecule has 24 heavy (non-hydrogen) atoms. The second-order valence-electron chi connectivity index (χ2n) is 6.97. The molecule has 7 heteroatoms. The van der Waals surface area contributed by atoms with Crippen LogP contribution < -0.4 is 0 Å². The molecule has 0 aromatic carbocycles. The largest absolute Gasteiger partial charge is 0.481 e. The molecule has 0 radical (unpaired) electrons. The van der Waals surface area contributed by atoms with Crippen molar-refractivity contribution in [2.75, 3.05) is 0 Å². The van der Waals surface area contributed by atoms with Gasteiger partial charge in [0.15, 0.2) is 5.82 Å². The zero-order chi connectivity index (χ0) is 17.1. The Morgan fingerprint density at radius 3 is 2.58 bits per heavy atom. The van der Waals surface area contributed by atoms with Crippen LogP contribution in [0, 0.1) is 19.3 Å². The number of aliphatic carboxylic acids is 1. The van der Waals surface area contributed by atoms with E-state index >= 15 is 0 Å². The van der Waals surface area contributed by atoms with Gasteiger partial charge in [0, 0.05) is 17.9 Å². The lowest BCUT2D eigenvalue weighted by atomic mass is 9.99. The number of carboxylic acid groups (broad SMARTS) is 1. The molecule has 2 saturated carbocycles. The quantitative estimate of drug-likeness (QED) is 0.907. The second kappa shape index (κ2) is 5.09. The first kappa shape index (κ1) is 15.2. The lowest BCUT2D eigenvalue weighted by Crippen LogP contribution is -2.17. The molecule has 126 valence electrons. The molecular formula is C17H21N5O2. The highest BCUT2D eigenvalue weighted by Crippen LogP contribution is 2.61. The van der Waals surface area contributed by atoms with Crippen LogP contribution in [-0.2, 0) is 4.79 Å². The minimum atomic E-state index is -0.726. The summed E-state index contributed by atoms with van der Waals surface area (Å²) in [4.78, 5) is 25.4. The number of carbonyl (C=O) groups is 1. The Hall–Kier alpha value is -2.31. The highest BCUT2D eigenvalue weighted by atomic mass is 16.4. The van der Waals surface area contributed by atoms with Gasteiger partial charge in [-0.05, 0) is 39.5 Å². The van der Waals surface area contributed by atoms with Crippen LogP contribution in [0.4, 0.5) is 0 Å². The van der Waals surface area contributed by atoms with E-state index in [1.807, 2.05) is 26.8 Å². The maximum Gasteiger partial charge on any atom is 0.310 e. The van der Waals surface area contributed by atoms with Gasteiger partial charge in [-0.15, -0.1) is 5.10 Å². The summed E-state index contributed by atoms with van der Waals surface area (Å²) < 4.78 is 1.73. The molecule has 2 aliphatic carbocycles. The average Bonchev–Trinajstić information content (AvgIpc) is 3.44. The van der Waals surface area contributed by atoms with Crippen molar-refractivity contribution in [1.29, 1.82) is 0 Å². The van der Waals surface area contributed by atoms with Crippen molar-refractivity contribution >= 4 is 5.97 Å². The Kier molecular flexibility index (Phi) is 3.23. The third-order valence-corrected chi connectivity index (χ3v) is 5.27. The second-order valence-corrected chi connectivity index (χ2v) is 6.97. The monoisotopic (exact) mass is 327 g/mol. The van der Waals surface area contributed by atoms with E-state index in [9.17, 15) is 9.90 Å². The van der Waals surface area contributed by atoms with Crippen LogP contribution >= 0.6 is 0 Å². The minimum Gasteiger partial charge on any atom is -0.481 e.